The molecule has 1 rings (SSSR count). The van der Waals surface area contributed by atoms with Crippen LogP contribution in [0.2, 0.25) is 0 Å². The molecule has 0 aliphatic rings. The molecule has 0 heterocycles. The van der Waals surface area contributed by atoms with E-state index in [1.165, 1.54) is 4.90 Å². The van der Waals surface area contributed by atoms with E-state index in [4.69, 9.17) is 5.11 Å². The van der Waals surface area contributed by atoms with E-state index in [1.807, 2.05) is 12.1 Å². The molecule has 1 aromatic rings. The van der Waals surface area contributed by atoms with Gasteiger partial charge in [-0.05, 0) is 24.3 Å². The number of thioether (sulfide) groups is 1. The molecular weight excluding hydrogens is 158 g/mol. The zero-order valence-corrected chi connectivity index (χ0v) is 7.10. The Bertz CT molecular complexity index is 210. The summed E-state index contributed by atoms with van der Waals surface area (Å²) in [6, 6.07) is 7.22. The van der Waals surface area contributed by atoms with Crippen molar-refractivity contribution in [2.45, 2.75) is 4.90 Å². The van der Waals surface area contributed by atoms with Gasteiger partial charge in [0.25, 0.3) is 0 Å². The first-order valence-corrected chi connectivity index (χ1v) is 4.52. The van der Waals surface area contributed by atoms with Gasteiger partial charge in [-0.3, -0.25) is 0 Å². The summed E-state index contributed by atoms with van der Waals surface area (Å²) in [6.07, 6.45) is 0. The molecule has 0 atom stereocenters. The molecule has 2 nitrogen and oxygen atoms in total. The lowest BCUT2D eigenvalue weighted by Crippen LogP contribution is -2.51. The smallest absolute Gasteiger partial charge is 0.115 e. The number of benzene rings is 1. The van der Waals surface area contributed by atoms with Crippen LogP contribution in [0.15, 0.2) is 29.2 Å². The van der Waals surface area contributed by atoms with Gasteiger partial charge in [0.15, 0.2) is 0 Å². The average Bonchev–Trinajstić information content (AvgIpc) is 2.04. The Labute approximate surface area is 70.4 Å². The molecule has 3 heteroatoms. The van der Waals surface area contributed by atoms with Gasteiger partial charge in [-0.15, -0.1) is 11.8 Å². The van der Waals surface area contributed by atoms with Gasteiger partial charge in [0.2, 0.25) is 0 Å². The Kier molecular flexibility index (Phi) is 3.26. The van der Waals surface area contributed by atoms with Gasteiger partial charge in [-0.25, -0.2) is 0 Å². The van der Waals surface area contributed by atoms with E-state index in [0.29, 0.717) is 5.75 Å². The van der Waals surface area contributed by atoms with E-state index in [0.717, 1.165) is 12.3 Å². The zero-order chi connectivity index (χ0) is 8.10. The first kappa shape index (κ1) is 8.43. The van der Waals surface area contributed by atoms with Crippen molar-refractivity contribution in [1.82, 2.24) is 0 Å². The quantitative estimate of drug-likeness (QED) is 0.657. The van der Waals surface area contributed by atoms with E-state index in [2.05, 4.69) is 5.73 Å². The average molecular weight is 170 g/mol. The molecule has 0 aliphatic heterocycles. The highest BCUT2D eigenvalue weighted by atomic mass is 32.2. The zero-order valence-electron chi connectivity index (χ0n) is 6.29. The first-order chi connectivity index (χ1) is 5.33. The van der Waals surface area contributed by atoms with Gasteiger partial charge in [-0.1, -0.05) is 0 Å². The lowest BCUT2D eigenvalue weighted by atomic mass is 10.3. The predicted molar refractivity (Wildman–Crippen MR) is 46.6 cm³/mol. The minimum atomic E-state index is 0.323. The van der Waals surface area contributed by atoms with Crippen molar-refractivity contribution < 1.29 is 10.8 Å². The topological polar surface area (TPSA) is 47.9 Å². The van der Waals surface area contributed by atoms with E-state index in [-0.39, 0.29) is 0 Å². The minimum absolute atomic E-state index is 0.323. The van der Waals surface area contributed by atoms with Crippen LogP contribution < -0.4 is 5.73 Å². The van der Waals surface area contributed by atoms with Crippen molar-refractivity contribution >= 4 is 11.8 Å². The van der Waals surface area contributed by atoms with Gasteiger partial charge in [0.05, 0.1) is 6.54 Å². The molecule has 0 spiro atoms. The molecule has 0 saturated heterocycles. The van der Waals surface area contributed by atoms with Crippen molar-refractivity contribution in [3.63, 3.8) is 0 Å². The molecular formula is C8H12NOS+. The van der Waals surface area contributed by atoms with Crippen LogP contribution in [0.25, 0.3) is 0 Å². The van der Waals surface area contributed by atoms with Crippen molar-refractivity contribution in [1.29, 1.82) is 0 Å². The number of phenolic OH excluding ortho intramolecular Hbond substituents is 1. The van der Waals surface area contributed by atoms with E-state index >= 15 is 0 Å². The molecule has 0 aromatic heterocycles. The van der Waals surface area contributed by atoms with Crippen LogP contribution >= 0.6 is 11.8 Å². The third-order valence-electron chi connectivity index (χ3n) is 1.25. The highest BCUT2D eigenvalue weighted by Crippen LogP contribution is 2.19. The second-order valence-electron chi connectivity index (χ2n) is 2.20. The van der Waals surface area contributed by atoms with Crippen molar-refractivity contribution in [3.05, 3.63) is 24.3 Å². The minimum Gasteiger partial charge on any atom is -0.508 e. The number of hydrogen-bond donors (Lipinski definition) is 2. The van der Waals surface area contributed by atoms with Crippen LogP contribution in [0, 0.1) is 0 Å². The molecule has 0 bridgehead atoms. The van der Waals surface area contributed by atoms with Crippen LogP contribution in [0.3, 0.4) is 0 Å². The summed E-state index contributed by atoms with van der Waals surface area (Å²) in [5.74, 6) is 1.36. The summed E-state index contributed by atoms with van der Waals surface area (Å²) in [5, 5.41) is 8.96. The van der Waals surface area contributed by atoms with Gasteiger partial charge in [0, 0.05) is 10.6 Å². The summed E-state index contributed by atoms with van der Waals surface area (Å²) >= 11 is 1.76. The fraction of sp³-hybridized carbons (Fsp3) is 0.250. The first-order valence-electron chi connectivity index (χ1n) is 3.54. The number of hydrogen-bond acceptors (Lipinski definition) is 2. The fourth-order valence-corrected chi connectivity index (χ4v) is 1.44. The summed E-state index contributed by atoms with van der Waals surface area (Å²) in [5.41, 5.74) is 3.75. The second kappa shape index (κ2) is 4.26. The molecule has 60 valence electrons. The fourth-order valence-electron chi connectivity index (χ4n) is 0.732. The van der Waals surface area contributed by atoms with Gasteiger partial charge in [0.1, 0.15) is 5.75 Å². The number of aromatic hydroxyl groups is 1. The highest BCUT2D eigenvalue weighted by molar-refractivity contribution is 7.99. The Morgan fingerprint density at radius 1 is 1.27 bits per heavy atom. The van der Waals surface area contributed by atoms with Crippen LogP contribution in [-0.4, -0.2) is 17.4 Å². The Balaban J connectivity index is 2.52. The molecule has 0 aliphatic carbocycles. The Hall–Kier alpha value is -0.670. The normalized spacial score (nSPS) is 9.91. The van der Waals surface area contributed by atoms with Crippen LogP contribution in [0.1, 0.15) is 0 Å². The summed E-state index contributed by atoms with van der Waals surface area (Å²) in [7, 11) is 0. The van der Waals surface area contributed by atoms with Gasteiger partial charge < -0.3 is 10.8 Å². The molecule has 11 heavy (non-hydrogen) atoms. The van der Waals surface area contributed by atoms with Gasteiger partial charge >= 0.3 is 0 Å². The van der Waals surface area contributed by atoms with Crippen molar-refractivity contribution in [3.8, 4) is 5.75 Å². The van der Waals surface area contributed by atoms with Crippen LogP contribution in [0.4, 0.5) is 0 Å². The van der Waals surface area contributed by atoms with E-state index < -0.39 is 0 Å². The molecule has 0 amide bonds. The molecule has 0 saturated carbocycles. The second-order valence-corrected chi connectivity index (χ2v) is 3.36. The van der Waals surface area contributed by atoms with E-state index in [1.54, 1.807) is 23.9 Å². The summed E-state index contributed by atoms with van der Waals surface area (Å²) in [6.45, 7) is 0.936. The molecule has 0 fully saturated rings. The highest BCUT2D eigenvalue weighted by Gasteiger charge is 1.92. The third-order valence-corrected chi connectivity index (χ3v) is 2.35. The number of rotatable bonds is 3. The largest absolute Gasteiger partial charge is 0.508 e. The summed E-state index contributed by atoms with van der Waals surface area (Å²) in [4.78, 5) is 1.19. The van der Waals surface area contributed by atoms with Crippen molar-refractivity contribution in [2.75, 3.05) is 12.3 Å². The predicted octanol–water partition coefficient (Wildman–Crippen LogP) is 0.726. The maximum atomic E-state index is 8.96. The standard InChI is InChI=1S/C8H11NOS/c9-5-6-11-8-3-1-7(10)2-4-8/h1-4,10H,5-6,9H2/p+1. The lowest BCUT2D eigenvalue weighted by molar-refractivity contribution is -0.360. The van der Waals surface area contributed by atoms with E-state index in [9.17, 15) is 0 Å². The van der Waals surface area contributed by atoms with Crippen molar-refractivity contribution in [2.24, 2.45) is 0 Å². The molecule has 1 aromatic carbocycles. The number of phenols is 1. The number of quaternary nitrogens is 1. The van der Waals surface area contributed by atoms with Crippen LogP contribution in [0.5, 0.6) is 5.75 Å². The molecule has 0 radical (unpaired) electrons. The molecule has 4 N–H and O–H groups in total. The van der Waals surface area contributed by atoms with Crippen LogP contribution in [-0.2, 0) is 0 Å². The Morgan fingerprint density at radius 2 is 1.91 bits per heavy atom. The third kappa shape index (κ3) is 2.82. The van der Waals surface area contributed by atoms with Gasteiger partial charge in [-0.2, -0.15) is 0 Å². The maximum Gasteiger partial charge on any atom is 0.115 e. The summed E-state index contributed by atoms with van der Waals surface area (Å²) < 4.78 is 0. The Morgan fingerprint density at radius 3 is 2.45 bits per heavy atom. The maximum absolute atomic E-state index is 8.96. The molecule has 0 unspecified atom stereocenters. The monoisotopic (exact) mass is 170 g/mol. The SMILES string of the molecule is [NH3+]CCSc1ccc(O)cc1. The lowest BCUT2D eigenvalue weighted by Gasteiger charge is -1.97.